The van der Waals surface area contributed by atoms with E-state index >= 15 is 0 Å². The van der Waals surface area contributed by atoms with Gasteiger partial charge in [-0.25, -0.2) is 0 Å². The molecule has 0 saturated heterocycles. The lowest BCUT2D eigenvalue weighted by molar-refractivity contribution is 1.33. The molecule has 21 heavy (non-hydrogen) atoms. The van der Waals surface area contributed by atoms with E-state index < -0.39 is 0 Å². The first kappa shape index (κ1) is 12.1. The molecule has 1 heterocycles. The van der Waals surface area contributed by atoms with E-state index in [1.54, 1.807) is 0 Å². The fourth-order valence-electron chi connectivity index (χ4n) is 2.94. The molecular weight excluding hydrogens is 254 g/mol. The topological polar surface area (TPSA) is 12.9 Å². The normalized spacial score (nSPS) is 11.1. The molecule has 0 aliphatic heterocycles. The first-order valence-corrected chi connectivity index (χ1v) is 7.16. The Morgan fingerprint density at radius 3 is 2.24 bits per heavy atom. The molecule has 0 aliphatic carbocycles. The van der Waals surface area contributed by atoms with Crippen LogP contribution in [0.1, 0.15) is 5.56 Å². The number of fused-ring (bicyclic) bond motifs is 2. The maximum absolute atomic E-state index is 4.52. The molecule has 3 aromatic carbocycles. The van der Waals surface area contributed by atoms with Gasteiger partial charge in [-0.2, -0.15) is 0 Å². The van der Waals surface area contributed by atoms with Gasteiger partial charge in [-0.1, -0.05) is 36.4 Å². The van der Waals surface area contributed by atoms with Crippen LogP contribution in [0.25, 0.3) is 32.8 Å². The Balaban J connectivity index is 2.12. The second-order valence-corrected chi connectivity index (χ2v) is 5.45. The van der Waals surface area contributed by atoms with E-state index in [1.807, 2.05) is 18.3 Å². The summed E-state index contributed by atoms with van der Waals surface area (Å²) in [5.41, 5.74) is 3.50. The first-order valence-electron chi connectivity index (χ1n) is 7.16. The van der Waals surface area contributed by atoms with E-state index in [2.05, 4.69) is 66.5 Å². The van der Waals surface area contributed by atoms with Gasteiger partial charge in [0.05, 0.1) is 5.69 Å². The van der Waals surface area contributed by atoms with Crippen molar-refractivity contribution in [3.05, 3.63) is 78.5 Å². The number of benzene rings is 3. The van der Waals surface area contributed by atoms with Gasteiger partial charge in [0.1, 0.15) is 0 Å². The summed E-state index contributed by atoms with van der Waals surface area (Å²) in [4.78, 5) is 4.52. The highest BCUT2D eigenvalue weighted by Crippen LogP contribution is 2.32. The number of hydrogen-bond acceptors (Lipinski definition) is 1. The number of hydrogen-bond donors (Lipinski definition) is 0. The van der Waals surface area contributed by atoms with Crippen molar-refractivity contribution in [2.24, 2.45) is 0 Å². The molecule has 0 unspecified atom stereocenters. The molecule has 0 atom stereocenters. The molecule has 4 rings (SSSR count). The molecule has 0 fully saturated rings. The van der Waals surface area contributed by atoms with Gasteiger partial charge >= 0.3 is 0 Å². The van der Waals surface area contributed by atoms with Gasteiger partial charge in [-0.05, 0) is 64.4 Å². The lowest BCUT2D eigenvalue weighted by atomic mass is 9.96. The molecule has 0 bridgehead atoms. The van der Waals surface area contributed by atoms with Crippen LogP contribution in [0.5, 0.6) is 0 Å². The van der Waals surface area contributed by atoms with Gasteiger partial charge in [-0.3, -0.25) is 4.98 Å². The number of aryl methyl sites for hydroxylation is 1. The average Bonchev–Trinajstić information content (AvgIpc) is 2.53. The molecule has 1 heteroatoms. The largest absolute Gasteiger partial charge is 0.256 e. The standard InChI is InChI=1S/C20H15N/c1-14-10-17-12-15-6-2-3-7-16(15)13-18(17)19(11-14)20-8-4-5-9-21-20/h2-13H,1H3. The third-order valence-electron chi connectivity index (χ3n) is 3.90. The number of pyridine rings is 1. The highest BCUT2D eigenvalue weighted by atomic mass is 14.7. The zero-order chi connectivity index (χ0) is 14.2. The fourth-order valence-corrected chi connectivity index (χ4v) is 2.94. The molecule has 0 radical (unpaired) electrons. The molecule has 0 amide bonds. The monoisotopic (exact) mass is 269 g/mol. The maximum Gasteiger partial charge on any atom is 0.0708 e. The fraction of sp³-hybridized carbons (Fsp3) is 0.0500. The summed E-state index contributed by atoms with van der Waals surface area (Å²) in [6.45, 7) is 2.14. The lowest BCUT2D eigenvalue weighted by Gasteiger charge is -2.10. The van der Waals surface area contributed by atoms with Crippen molar-refractivity contribution in [1.29, 1.82) is 0 Å². The van der Waals surface area contributed by atoms with Gasteiger partial charge in [0, 0.05) is 11.8 Å². The molecule has 4 aromatic rings. The van der Waals surface area contributed by atoms with Crippen molar-refractivity contribution in [1.82, 2.24) is 4.98 Å². The van der Waals surface area contributed by atoms with Crippen LogP contribution in [0.3, 0.4) is 0 Å². The summed E-state index contributed by atoms with van der Waals surface area (Å²) in [6.07, 6.45) is 1.85. The Bertz CT molecular complexity index is 940. The van der Waals surface area contributed by atoms with Crippen LogP contribution in [0.2, 0.25) is 0 Å². The zero-order valence-corrected chi connectivity index (χ0v) is 11.9. The predicted octanol–water partition coefficient (Wildman–Crippen LogP) is 5.36. The zero-order valence-electron chi connectivity index (χ0n) is 11.9. The van der Waals surface area contributed by atoms with E-state index in [0.29, 0.717) is 0 Å². The van der Waals surface area contributed by atoms with Gasteiger partial charge in [0.2, 0.25) is 0 Å². The highest BCUT2D eigenvalue weighted by molar-refractivity contribution is 6.04. The van der Waals surface area contributed by atoms with E-state index in [-0.39, 0.29) is 0 Å². The van der Waals surface area contributed by atoms with Crippen molar-refractivity contribution in [2.45, 2.75) is 6.92 Å². The number of rotatable bonds is 1. The summed E-state index contributed by atoms with van der Waals surface area (Å²) >= 11 is 0. The summed E-state index contributed by atoms with van der Waals surface area (Å²) in [7, 11) is 0. The number of nitrogens with zero attached hydrogens (tertiary/aromatic N) is 1. The molecule has 0 spiro atoms. The Kier molecular flexibility index (Phi) is 2.71. The third kappa shape index (κ3) is 2.07. The molecule has 0 saturated carbocycles. The van der Waals surface area contributed by atoms with Gasteiger partial charge < -0.3 is 0 Å². The Morgan fingerprint density at radius 2 is 1.48 bits per heavy atom. The van der Waals surface area contributed by atoms with Gasteiger partial charge in [-0.15, -0.1) is 0 Å². The minimum atomic E-state index is 1.03. The highest BCUT2D eigenvalue weighted by Gasteiger charge is 2.07. The lowest BCUT2D eigenvalue weighted by Crippen LogP contribution is -1.87. The van der Waals surface area contributed by atoms with Crippen molar-refractivity contribution in [3.63, 3.8) is 0 Å². The summed E-state index contributed by atoms with van der Waals surface area (Å²) < 4.78 is 0. The first-order chi connectivity index (χ1) is 10.3. The number of aromatic nitrogens is 1. The van der Waals surface area contributed by atoms with Crippen molar-refractivity contribution in [2.75, 3.05) is 0 Å². The molecule has 1 nitrogen and oxygen atoms in total. The van der Waals surface area contributed by atoms with E-state index in [0.717, 1.165) is 5.69 Å². The summed E-state index contributed by atoms with van der Waals surface area (Å²) in [5.74, 6) is 0. The van der Waals surface area contributed by atoms with Crippen molar-refractivity contribution >= 4 is 21.5 Å². The minimum absolute atomic E-state index is 1.03. The van der Waals surface area contributed by atoms with Crippen LogP contribution < -0.4 is 0 Å². The van der Waals surface area contributed by atoms with Crippen molar-refractivity contribution < 1.29 is 0 Å². The Morgan fingerprint density at radius 1 is 0.714 bits per heavy atom. The smallest absolute Gasteiger partial charge is 0.0708 e. The summed E-state index contributed by atoms with van der Waals surface area (Å²) in [5, 5.41) is 5.08. The van der Waals surface area contributed by atoms with Crippen LogP contribution >= 0.6 is 0 Å². The average molecular weight is 269 g/mol. The Labute approximate surface area is 123 Å². The van der Waals surface area contributed by atoms with Crippen LogP contribution in [0.15, 0.2) is 72.9 Å². The minimum Gasteiger partial charge on any atom is -0.256 e. The van der Waals surface area contributed by atoms with Crippen LogP contribution in [-0.4, -0.2) is 4.98 Å². The quantitative estimate of drug-likeness (QED) is 0.424. The predicted molar refractivity (Wildman–Crippen MR) is 89.4 cm³/mol. The second kappa shape index (κ2) is 4.71. The van der Waals surface area contributed by atoms with Crippen LogP contribution in [-0.2, 0) is 0 Å². The van der Waals surface area contributed by atoms with E-state index in [1.165, 1.54) is 32.7 Å². The van der Waals surface area contributed by atoms with Gasteiger partial charge in [0.15, 0.2) is 0 Å². The van der Waals surface area contributed by atoms with Crippen molar-refractivity contribution in [3.8, 4) is 11.3 Å². The Hall–Kier alpha value is -2.67. The maximum atomic E-state index is 4.52. The summed E-state index contributed by atoms with van der Waals surface area (Å²) in [6, 6.07) is 23.6. The molecule has 1 aromatic heterocycles. The molecule has 0 N–H and O–H groups in total. The molecule has 0 aliphatic rings. The van der Waals surface area contributed by atoms with E-state index in [9.17, 15) is 0 Å². The third-order valence-corrected chi connectivity index (χ3v) is 3.90. The van der Waals surface area contributed by atoms with Crippen LogP contribution in [0.4, 0.5) is 0 Å². The molecular formula is C20H15N. The SMILES string of the molecule is Cc1cc(-c2ccccn2)c2cc3ccccc3cc2c1. The second-order valence-electron chi connectivity index (χ2n) is 5.45. The van der Waals surface area contributed by atoms with Crippen LogP contribution in [0, 0.1) is 6.92 Å². The molecule has 100 valence electrons. The van der Waals surface area contributed by atoms with E-state index in [4.69, 9.17) is 0 Å². The van der Waals surface area contributed by atoms with Gasteiger partial charge in [0.25, 0.3) is 0 Å².